The highest BCUT2D eigenvalue weighted by Crippen LogP contribution is 2.32. The van der Waals surface area contributed by atoms with Gasteiger partial charge in [-0.2, -0.15) is 13.2 Å². The van der Waals surface area contributed by atoms with Gasteiger partial charge in [0.15, 0.2) is 0 Å². The van der Waals surface area contributed by atoms with Crippen LogP contribution < -0.4 is 9.47 Å². The van der Waals surface area contributed by atoms with Gasteiger partial charge in [0, 0.05) is 30.5 Å². The Morgan fingerprint density at radius 1 is 1.03 bits per heavy atom. The molecule has 0 unspecified atom stereocenters. The van der Waals surface area contributed by atoms with E-state index in [0.717, 1.165) is 17.8 Å². The van der Waals surface area contributed by atoms with Crippen LogP contribution in [0.1, 0.15) is 27.7 Å². The molecule has 0 saturated heterocycles. The number of nitrogens with zero attached hydrogens (tertiary/aromatic N) is 2. The van der Waals surface area contributed by atoms with Gasteiger partial charge in [0.25, 0.3) is 5.91 Å². The topological polar surface area (TPSA) is 43.7 Å². The second-order valence-electron chi connectivity index (χ2n) is 7.21. The summed E-state index contributed by atoms with van der Waals surface area (Å²) in [5.41, 5.74) is 0.0362. The minimum absolute atomic E-state index is 0.00396. The number of ether oxygens (including phenoxy) is 2. The third-order valence-corrected chi connectivity index (χ3v) is 5.33. The largest absolute Gasteiger partial charge is 0.497 e. The van der Waals surface area contributed by atoms with E-state index in [4.69, 9.17) is 9.47 Å². The zero-order valence-electron chi connectivity index (χ0n) is 16.8. The Kier molecular flexibility index (Phi) is 5.63. The van der Waals surface area contributed by atoms with E-state index in [1.54, 1.807) is 36.3 Å². The van der Waals surface area contributed by atoms with Gasteiger partial charge in [-0.05, 0) is 54.6 Å². The molecule has 8 heteroatoms. The first-order valence-corrected chi connectivity index (χ1v) is 9.77. The average molecular weight is 430 g/mol. The van der Waals surface area contributed by atoms with Gasteiger partial charge in [0.1, 0.15) is 24.1 Å². The number of halogens is 3. The molecule has 0 fully saturated rings. The molecule has 162 valence electrons. The van der Waals surface area contributed by atoms with Gasteiger partial charge in [0.05, 0.1) is 12.7 Å². The number of amides is 1. The predicted molar refractivity (Wildman–Crippen MR) is 108 cm³/mol. The molecule has 0 radical (unpaired) electrons. The lowest BCUT2D eigenvalue weighted by molar-refractivity contribution is -0.137. The molecule has 5 nitrogen and oxygen atoms in total. The Hall–Kier alpha value is -3.42. The van der Waals surface area contributed by atoms with Crippen molar-refractivity contribution in [3.63, 3.8) is 0 Å². The van der Waals surface area contributed by atoms with E-state index < -0.39 is 23.7 Å². The Balaban J connectivity index is 1.59. The zero-order chi connectivity index (χ0) is 22.0. The highest BCUT2D eigenvalue weighted by molar-refractivity contribution is 5.94. The molecule has 31 heavy (non-hydrogen) atoms. The van der Waals surface area contributed by atoms with Crippen molar-refractivity contribution in [1.82, 2.24) is 9.47 Å². The van der Waals surface area contributed by atoms with Crippen LogP contribution in [-0.2, 0) is 12.7 Å². The third kappa shape index (κ3) is 4.38. The number of carbonyl (C=O) groups excluding carboxylic acids is 1. The maximum absolute atomic E-state index is 13.2. The van der Waals surface area contributed by atoms with Gasteiger partial charge in [-0.15, -0.1) is 0 Å². The summed E-state index contributed by atoms with van der Waals surface area (Å²) < 4.78 is 52.4. The Bertz CT molecular complexity index is 1060. The molecule has 4 rings (SSSR count). The Morgan fingerprint density at radius 3 is 2.48 bits per heavy atom. The molecule has 3 aromatic rings. The summed E-state index contributed by atoms with van der Waals surface area (Å²) in [6.07, 6.45) is -2.59. The summed E-state index contributed by atoms with van der Waals surface area (Å²) in [5, 5.41) is 0. The number of hydrogen-bond donors (Lipinski definition) is 0. The van der Waals surface area contributed by atoms with Crippen molar-refractivity contribution in [2.45, 2.75) is 18.8 Å². The second kappa shape index (κ2) is 8.37. The molecule has 1 aliphatic rings. The molecule has 0 aliphatic carbocycles. The van der Waals surface area contributed by atoms with E-state index in [9.17, 15) is 18.0 Å². The van der Waals surface area contributed by atoms with Crippen LogP contribution in [0.15, 0.2) is 66.9 Å². The molecule has 0 saturated carbocycles. The number of benzene rings is 2. The fourth-order valence-electron chi connectivity index (χ4n) is 3.72. The van der Waals surface area contributed by atoms with Crippen molar-refractivity contribution in [3.8, 4) is 11.5 Å². The Labute approximate surface area is 177 Å². The molecule has 0 N–H and O–H groups in total. The predicted octanol–water partition coefficient (Wildman–Crippen LogP) is 4.79. The van der Waals surface area contributed by atoms with E-state index in [1.807, 2.05) is 22.9 Å². The molecular formula is C23H21F3N2O3. The quantitative estimate of drug-likeness (QED) is 0.585. The highest BCUT2D eigenvalue weighted by Gasteiger charge is 2.34. The van der Waals surface area contributed by atoms with Crippen LogP contribution >= 0.6 is 0 Å². The zero-order valence-corrected chi connectivity index (χ0v) is 16.8. The normalized spacial score (nSPS) is 16.0. The highest BCUT2D eigenvalue weighted by atomic mass is 19.4. The molecule has 0 spiro atoms. The van der Waals surface area contributed by atoms with Gasteiger partial charge in [-0.1, -0.05) is 6.07 Å². The van der Waals surface area contributed by atoms with Crippen molar-refractivity contribution < 1.29 is 27.4 Å². The van der Waals surface area contributed by atoms with Crippen molar-refractivity contribution in [2.24, 2.45) is 0 Å². The van der Waals surface area contributed by atoms with Gasteiger partial charge in [-0.25, -0.2) is 0 Å². The lowest BCUT2D eigenvalue weighted by Gasteiger charge is -2.37. The summed E-state index contributed by atoms with van der Waals surface area (Å²) in [7, 11) is 1.57. The van der Waals surface area contributed by atoms with Crippen LogP contribution in [0.25, 0.3) is 0 Å². The van der Waals surface area contributed by atoms with Gasteiger partial charge < -0.3 is 18.9 Å². The van der Waals surface area contributed by atoms with Crippen LogP contribution in [0.2, 0.25) is 0 Å². The third-order valence-electron chi connectivity index (χ3n) is 5.33. The van der Waals surface area contributed by atoms with Crippen LogP contribution in [0.5, 0.6) is 11.5 Å². The van der Waals surface area contributed by atoms with Gasteiger partial charge in [-0.3, -0.25) is 4.79 Å². The number of hydrogen-bond acceptors (Lipinski definition) is 3. The number of methoxy groups -OCH3 is 1. The van der Waals surface area contributed by atoms with Crippen molar-refractivity contribution >= 4 is 5.91 Å². The minimum atomic E-state index is -4.51. The van der Waals surface area contributed by atoms with E-state index in [0.29, 0.717) is 24.6 Å². The van der Waals surface area contributed by atoms with E-state index in [2.05, 4.69) is 0 Å². The molecule has 0 bridgehead atoms. The fourth-order valence-corrected chi connectivity index (χ4v) is 3.72. The smallest absolute Gasteiger partial charge is 0.416 e. The van der Waals surface area contributed by atoms with E-state index in [-0.39, 0.29) is 12.2 Å². The lowest BCUT2D eigenvalue weighted by atomic mass is 10.1. The summed E-state index contributed by atoms with van der Waals surface area (Å²) >= 11 is 0. The number of alkyl halides is 3. The van der Waals surface area contributed by atoms with Crippen LogP contribution in [-0.4, -0.2) is 35.6 Å². The summed E-state index contributed by atoms with van der Waals surface area (Å²) in [6.45, 7) is 1.10. The number of carbonyl (C=O) groups is 1. The van der Waals surface area contributed by atoms with Crippen molar-refractivity contribution in [1.29, 1.82) is 0 Å². The molecule has 2 heterocycles. The molecule has 2 aromatic carbocycles. The molecule has 1 aliphatic heterocycles. The first kappa shape index (κ1) is 20.8. The SMILES string of the molecule is COc1ccc(OC[C@@H]2c3cccn3CCN2C(=O)c2cccc(C(F)(F)F)c2)cc1. The maximum Gasteiger partial charge on any atom is 0.416 e. The van der Waals surface area contributed by atoms with Crippen LogP contribution in [0.3, 0.4) is 0 Å². The summed E-state index contributed by atoms with van der Waals surface area (Å²) in [6, 6.07) is 14.9. The monoisotopic (exact) mass is 430 g/mol. The van der Waals surface area contributed by atoms with Crippen LogP contribution in [0.4, 0.5) is 13.2 Å². The Morgan fingerprint density at radius 2 is 1.77 bits per heavy atom. The number of aromatic nitrogens is 1. The summed E-state index contributed by atoms with van der Waals surface area (Å²) in [4.78, 5) is 14.8. The standard InChI is InChI=1S/C23H21F3N2O3/c1-30-18-7-9-19(10-8-18)31-15-21-20-6-3-11-27(20)12-13-28(21)22(29)16-4-2-5-17(14-16)23(24,25)26/h2-11,14,21H,12-13,15H2,1H3/t21-/m1/s1. The first-order chi connectivity index (χ1) is 14.9. The second-order valence-corrected chi connectivity index (χ2v) is 7.21. The molecule has 1 atom stereocenters. The average Bonchev–Trinajstić information content (AvgIpc) is 3.26. The molecular weight excluding hydrogens is 409 g/mol. The number of rotatable bonds is 5. The molecule has 1 amide bonds. The van der Waals surface area contributed by atoms with Gasteiger partial charge in [0.2, 0.25) is 0 Å². The lowest BCUT2D eigenvalue weighted by Crippen LogP contribution is -2.44. The maximum atomic E-state index is 13.2. The number of fused-ring (bicyclic) bond motifs is 1. The molecule has 1 aromatic heterocycles. The van der Waals surface area contributed by atoms with Crippen molar-refractivity contribution in [2.75, 3.05) is 20.3 Å². The van der Waals surface area contributed by atoms with E-state index >= 15 is 0 Å². The van der Waals surface area contributed by atoms with Crippen molar-refractivity contribution in [3.05, 3.63) is 83.7 Å². The first-order valence-electron chi connectivity index (χ1n) is 9.77. The van der Waals surface area contributed by atoms with Crippen LogP contribution in [0, 0.1) is 0 Å². The summed E-state index contributed by atoms with van der Waals surface area (Å²) in [5.74, 6) is 0.845. The minimum Gasteiger partial charge on any atom is -0.497 e. The van der Waals surface area contributed by atoms with Gasteiger partial charge >= 0.3 is 6.18 Å². The van der Waals surface area contributed by atoms with E-state index in [1.165, 1.54) is 12.1 Å². The fraction of sp³-hybridized carbons (Fsp3) is 0.261.